The van der Waals surface area contributed by atoms with Crippen LogP contribution in [0.3, 0.4) is 0 Å². The topological polar surface area (TPSA) is 122 Å². The van der Waals surface area contributed by atoms with Gasteiger partial charge in [-0.15, -0.1) is 0 Å². The normalized spacial score (nSPS) is 16.9. The number of likely N-dealkylation sites (N-methyl/N-ethyl adjacent to an activating group) is 1. The molecule has 2 amide bonds. The molecule has 0 saturated carbocycles. The first kappa shape index (κ1) is 36.4. The highest BCUT2D eigenvalue weighted by atomic mass is 16.2. The van der Waals surface area contributed by atoms with Gasteiger partial charge in [-0.1, -0.05) is 62.0 Å². The molecule has 1 saturated heterocycles. The Balaban J connectivity index is -0.000000497. The molecule has 0 aliphatic carbocycles. The Kier molecular flexibility index (Phi) is 20.4. The first-order chi connectivity index (χ1) is 15.2. The summed E-state index contributed by atoms with van der Waals surface area (Å²) in [5.41, 5.74) is 5.06. The second kappa shape index (κ2) is 19.1. The number of primary amides is 1. The summed E-state index contributed by atoms with van der Waals surface area (Å²) in [5.74, 6) is 0.631. The lowest BCUT2D eigenvalue weighted by Crippen LogP contribution is -2.48. The van der Waals surface area contributed by atoms with Gasteiger partial charge in [-0.2, -0.15) is 0 Å². The highest BCUT2D eigenvalue weighted by Crippen LogP contribution is 2.19. The Morgan fingerprint density at radius 3 is 2.06 bits per heavy atom. The summed E-state index contributed by atoms with van der Waals surface area (Å²) in [7, 11) is 1.96. The molecule has 1 aliphatic heterocycles. The van der Waals surface area contributed by atoms with Crippen molar-refractivity contribution in [2.45, 2.75) is 106 Å². The number of nitrogens with two attached hydrogens (primary N) is 1. The van der Waals surface area contributed by atoms with E-state index in [0.717, 1.165) is 50.6 Å². The van der Waals surface area contributed by atoms with Crippen molar-refractivity contribution < 1.29 is 19.2 Å². The second-order valence-electron chi connectivity index (χ2n) is 10.1. The van der Waals surface area contributed by atoms with Gasteiger partial charge in [0.25, 0.3) is 0 Å². The molecule has 3 unspecified atom stereocenters. The number of carbonyl (C=O) groups is 4. The van der Waals surface area contributed by atoms with Crippen molar-refractivity contribution in [3.63, 3.8) is 0 Å². The number of nitrogens with zero attached hydrogens (tertiary/aromatic N) is 1. The molecule has 8 nitrogen and oxygen atoms in total. The van der Waals surface area contributed by atoms with Gasteiger partial charge in [0.2, 0.25) is 12.3 Å². The Labute approximate surface area is 208 Å². The molecule has 1 aliphatic rings. The minimum Gasteiger partial charge on any atom is -0.379 e. The number of allylic oxidation sites excluding steroid dienone is 1. The van der Waals surface area contributed by atoms with Crippen LogP contribution < -0.4 is 16.4 Å². The van der Waals surface area contributed by atoms with Crippen molar-refractivity contribution in [3.05, 3.63) is 12.3 Å². The molecule has 0 bridgehead atoms. The average molecular weight is 485 g/mol. The third-order valence-electron chi connectivity index (χ3n) is 5.29. The first-order valence-corrected chi connectivity index (χ1v) is 11.8. The molecule has 0 aromatic rings. The van der Waals surface area contributed by atoms with E-state index in [-0.39, 0.29) is 49.1 Å². The van der Waals surface area contributed by atoms with Gasteiger partial charge in [-0.3, -0.25) is 19.3 Å². The maximum Gasteiger partial charge on any atom is 0.237 e. The summed E-state index contributed by atoms with van der Waals surface area (Å²) in [6.45, 7) is 18.9. The summed E-state index contributed by atoms with van der Waals surface area (Å²) < 4.78 is 0. The van der Waals surface area contributed by atoms with Crippen LogP contribution in [0.25, 0.3) is 0 Å². The molecule has 1 rings (SSSR count). The number of hydrogen-bond donors (Lipinski definition) is 3. The Bertz CT molecular complexity index is 614. The van der Waals surface area contributed by atoms with E-state index in [1.165, 1.54) is 0 Å². The van der Waals surface area contributed by atoms with Crippen LogP contribution in [0.15, 0.2) is 12.3 Å². The molecule has 0 aromatic carbocycles. The van der Waals surface area contributed by atoms with E-state index in [1.54, 1.807) is 6.92 Å². The van der Waals surface area contributed by atoms with E-state index in [4.69, 9.17) is 4.79 Å². The summed E-state index contributed by atoms with van der Waals surface area (Å²) in [6, 6.07) is -0.487. The Morgan fingerprint density at radius 2 is 1.74 bits per heavy atom. The fourth-order valence-corrected chi connectivity index (χ4v) is 3.40. The lowest BCUT2D eigenvalue weighted by Gasteiger charge is -2.28. The molecule has 1 heterocycles. The standard InChI is InChI=1S/C12H22N2O2.C12H23NO.CH3NO.CH4/c1-4-6-10(9(2)15)13-12(16)11-7-5-8-14(11)3;1-9(2)7-10(3)13-11(8-14)12(4,5)6;2-1-3;/h10-11H,4-8H2,1-3H3,(H,13,16);8-9,11,13H,3,7H2,1-2,4-6H3;1H,(H2,2,3);1H4. The van der Waals surface area contributed by atoms with Crippen molar-refractivity contribution in [2.75, 3.05) is 13.6 Å². The predicted molar refractivity (Wildman–Crippen MR) is 141 cm³/mol. The largest absolute Gasteiger partial charge is 0.379 e. The van der Waals surface area contributed by atoms with Crippen molar-refractivity contribution in [1.82, 2.24) is 15.5 Å². The minimum absolute atomic E-state index is 0. The zero-order valence-corrected chi connectivity index (χ0v) is 22.1. The van der Waals surface area contributed by atoms with Crippen molar-refractivity contribution >= 4 is 24.4 Å². The number of amides is 2. The molecule has 4 N–H and O–H groups in total. The number of hydrogen-bond acceptors (Lipinski definition) is 6. The molecule has 3 atom stereocenters. The minimum atomic E-state index is -0.300. The molecular formula is C26H52N4O4. The first-order valence-electron chi connectivity index (χ1n) is 11.8. The number of Topliss-reactive ketones (excluding diaryl/α,β-unsaturated/α-hetero) is 1. The molecule has 1 fully saturated rings. The van der Waals surface area contributed by atoms with Gasteiger partial charge < -0.3 is 21.2 Å². The van der Waals surface area contributed by atoms with Gasteiger partial charge >= 0.3 is 0 Å². The second-order valence-corrected chi connectivity index (χ2v) is 10.1. The van der Waals surface area contributed by atoms with E-state index in [0.29, 0.717) is 5.92 Å². The number of likely N-dealkylation sites (tertiary alicyclic amines) is 1. The fraction of sp³-hybridized carbons (Fsp3) is 0.769. The molecule has 0 spiro atoms. The lowest BCUT2D eigenvalue weighted by atomic mass is 9.87. The molecular weight excluding hydrogens is 432 g/mol. The average Bonchev–Trinajstić information content (AvgIpc) is 3.11. The summed E-state index contributed by atoms with van der Waals surface area (Å²) >= 11 is 0. The predicted octanol–water partition coefficient (Wildman–Crippen LogP) is 3.44. The van der Waals surface area contributed by atoms with E-state index >= 15 is 0 Å². The highest BCUT2D eigenvalue weighted by molar-refractivity contribution is 5.89. The molecule has 0 radical (unpaired) electrons. The number of rotatable bonds is 10. The van der Waals surface area contributed by atoms with Gasteiger partial charge in [0.15, 0.2) is 5.78 Å². The van der Waals surface area contributed by atoms with Crippen LogP contribution in [-0.2, 0) is 19.2 Å². The summed E-state index contributed by atoms with van der Waals surface area (Å²) in [4.78, 5) is 44.8. The third kappa shape index (κ3) is 16.4. The Morgan fingerprint density at radius 1 is 1.21 bits per heavy atom. The number of ketones is 1. The van der Waals surface area contributed by atoms with E-state index in [9.17, 15) is 14.4 Å². The summed E-state index contributed by atoms with van der Waals surface area (Å²) in [6.07, 6.45) is 5.74. The van der Waals surface area contributed by atoms with Gasteiger partial charge in [0, 0.05) is 5.70 Å². The van der Waals surface area contributed by atoms with Crippen molar-refractivity contribution in [3.8, 4) is 0 Å². The third-order valence-corrected chi connectivity index (χ3v) is 5.29. The van der Waals surface area contributed by atoms with Gasteiger partial charge in [0.1, 0.15) is 6.29 Å². The molecule has 34 heavy (non-hydrogen) atoms. The van der Waals surface area contributed by atoms with Crippen LogP contribution in [0.5, 0.6) is 0 Å². The number of nitrogens with one attached hydrogen (secondary N) is 2. The summed E-state index contributed by atoms with van der Waals surface area (Å²) in [5, 5.41) is 6.04. The van der Waals surface area contributed by atoms with Crippen LogP contribution in [0.4, 0.5) is 0 Å². The highest BCUT2D eigenvalue weighted by Gasteiger charge is 2.29. The fourth-order valence-electron chi connectivity index (χ4n) is 3.40. The lowest BCUT2D eigenvalue weighted by molar-refractivity contribution is -0.129. The zero-order valence-electron chi connectivity index (χ0n) is 22.1. The van der Waals surface area contributed by atoms with E-state index in [1.807, 2.05) is 34.7 Å². The molecule has 200 valence electrons. The monoisotopic (exact) mass is 484 g/mol. The van der Waals surface area contributed by atoms with Crippen LogP contribution in [-0.4, -0.2) is 61.0 Å². The van der Waals surface area contributed by atoms with Gasteiger partial charge in [-0.05, 0) is 57.5 Å². The Hall–Kier alpha value is -2.22. The molecule has 0 aromatic heterocycles. The quantitative estimate of drug-likeness (QED) is 0.408. The van der Waals surface area contributed by atoms with Crippen molar-refractivity contribution in [2.24, 2.45) is 17.1 Å². The maximum atomic E-state index is 11.9. The van der Waals surface area contributed by atoms with Crippen LogP contribution in [0.1, 0.15) is 88.0 Å². The van der Waals surface area contributed by atoms with E-state index < -0.39 is 0 Å². The SMILES string of the molecule is C.C=C(CC(C)C)NC(C=O)C(C)(C)C.CCCC(NC(=O)C1CCCN1C)C(C)=O.NC=O. The van der Waals surface area contributed by atoms with Gasteiger partial charge in [-0.25, -0.2) is 0 Å². The van der Waals surface area contributed by atoms with Crippen molar-refractivity contribution in [1.29, 1.82) is 0 Å². The maximum absolute atomic E-state index is 11.9. The molecule has 8 heteroatoms. The smallest absolute Gasteiger partial charge is 0.237 e. The number of carbonyl (C=O) groups excluding carboxylic acids is 4. The van der Waals surface area contributed by atoms with Crippen LogP contribution >= 0.6 is 0 Å². The zero-order chi connectivity index (χ0) is 26.2. The van der Waals surface area contributed by atoms with E-state index in [2.05, 4.69) is 41.7 Å². The number of aldehydes is 1. The van der Waals surface area contributed by atoms with Gasteiger partial charge in [0.05, 0.1) is 18.1 Å². The van der Waals surface area contributed by atoms with Crippen LogP contribution in [0.2, 0.25) is 0 Å². The van der Waals surface area contributed by atoms with Crippen LogP contribution in [0, 0.1) is 11.3 Å².